The third kappa shape index (κ3) is 4.44. The molecule has 3 N–H and O–H groups in total. The van der Waals surface area contributed by atoms with E-state index in [9.17, 15) is 18.0 Å². The fraction of sp³-hybridized carbons (Fsp3) is 0.200. The van der Waals surface area contributed by atoms with Crippen molar-refractivity contribution in [1.29, 1.82) is 0 Å². The second-order valence-corrected chi connectivity index (χ2v) is 9.78. The highest BCUT2D eigenvalue weighted by atomic mass is 35.5. The molecule has 0 radical (unpaired) electrons. The number of nitrogens with zero attached hydrogens (tertiary/aromatic N) is 1. The first kappa shape index (κ1) is 24.3. The first-order chi connectivity index (χ1) is 16.9. The van der Waals surface area contributed by atoms with E-state index in [4.69, 9.17) is 27.9 Å². The molecule has 0 spiro atoms. The summed E-state index contributed by atoms with van der Waals surface area (Å²) in [6, 6.07) is 11.3. The lowest BCUT2D eigenvalue weighted by molar-refractivity contribution is -0.136. The SMILES string of the molecule is CC1(C)Cc2c(c(C(=O)Nc3ccccc3C(F)(F)F)cc3nc(Nc4c(Cl)cccc4Cl)[nH]c23)O1. The van der Waals surface area contributed by atoms with Crippen LogP contribution in [0.4, 0.5) is 30.5 Å². The number of nitrogens with one attached hydrogen (secondary N) is 3. The van der Waals surface area contributed by atoms with E-state index in [0.717, 1.165) is 6.07 Å². The van der Waals surface area contributed by atoms with E-state index in [-0.39, 0.29) is 11.3 Å². The van der Waals surface area contributed by atoms with Crippen LogP contribution in [-0.2, 0) is 12.6 Å². The van der Waals surface area contributed by atoms with Crippen molar-refractivity contribution in [2.45, 2.75) is 32.0 Å². The van der Waals surface area contributed by atoms with E-state index in [1.54, 1.807) is 18.2 Å². The second kappa shape index (κ2) is 8.60. The van der Waals surface area contributed by atoms with E-state index < -0.39 is 23.2 Å². The number of hydrogen-bond acceptors (Lipinski definition) is 4. The number of amides is 1. The fourth-order valence-electron chi connectivity index (χ4n) is 4.22. The van der Waals surface area contributed by atoms with Gasteiger partial charge in [0.15, 0.2) is 0 Å². The van der Waals surface area contributed by atoms with Gasteiger partial charge in [0, 0.05) is 12.0 Å². The number of carbonyl (C=O) groups is 1. The Hall–Kier alpha value is -3.43. The van der Waals surface area contributed by atoms with Gasteiger partial charge < -0.3 is 20.4 Å². The molecule has 0 atom stereocenters. The Morgan fingerprint density at radius 2 is 1.81 bits per heavy atom. The highest BCUT2D eigenvalue weighted by molar-refractivity contribution is 6.39. The quantitative estimate of drug-likeness (QED) is 0.252. The van der Waals surface area contributed by atoms with Crippen molar-refractivity contribution in [3.8, 4) is 5.75 Å². The molecule has 2 heterocycles. The first-order valence-corrected chi connectivity index (χ1v) is 11.6. The molecule has 5 rings (SSSR count). The number of H-pyrrole nitrogens is 1. The smallest absolute Gasteiger partial charge is 0.418 e. The van der Waals surface area contributed by atoms with Gasteiger partial charge in [-0.1, -0.05) is 41.4 Å². The van der Waals surface area contributed by atoms with Gasteiger partial charge in [-0.05, 0) is 44.2 Å². The summed E-state index contributed by atoms with van der Waals surface area (Å²) in [6.45, 7) is 3.72. The van der Waals surface area contributed by atoms with Crippen LogP contribution in [0.1, 0.15) is 35.3 Å². The molecule has 186 valence electrons. The number of halogens is 5. The van der Waals surface area contributed by atoms with Crippen LogP contribution in [0.2, 0.25) is 10.0 Å². The Bertz CT molecular complexity index is 1500. The zero-order chi connectivity index (χ0) is 25.8. The van der Waals surface area contributed by atoms with Gasteiger partial charge in [-0.2, -0.15) is 13.2 Å². The molecular formula is C25H19Cl2F3N4O2. The number of carbonyl (C=O) groups excluding carboxylic acids is 1. The third-order valence-corrected chi connectivity index (χ3v) is 6.38. The molecule has 3 aromatic carbocycles. The largest absolute Gasteiger partial charge is 0.486 e. The molecule has 0 unspecified atom stereocenters. The lowest BCUT2D eigenvalue weighted by Gasteiger charge is -2.18. The van der Waals surface area contributed by atoms with Crippen LogP contribution < -0.4 is 15.4 Å². The molecular weight excluding hydrogens is 516 g/mol. The van der Waals surface area contributed by atoms with Gasteiger partial charge in [0.05, 0.1) is 43.6 Å². The van der Waals surface area contributed by atoms with Gasteiger partial charge in [0.1, 0.15) is 11.4 Å². The van der Waals surface area contributed by atoms with Gasteiger partial charge in [-0.15, -0.1) is 0 Å². The monoisotopic (exact) mass is 534 g/mol. The van der Waals surface area contributed by atoms with Crippen LogP contribution in [0.3, 0.4) is 0 Å². The molecule has 1 aliphatic rings. The van der Waals surface area contributed by atoms with Crippen molar-refractivity contribution in [2.24, 2.45) is 0 Å². The molecule has 1 aliphatic heterocycles. The summed E-state index contributed by atoms with van der Waals surface area (Å²) in [4.78, 5) is 21.0. The summed E-state index contributed by atoms with van der Waals surface area (Å²) in [5, 5.41) is 6.23. The number of alkyl halides is 3. The minimum absolute atomic E-state index is 0.0777. The highest BCUT2D eigenvalue weighted by Crippen LogP contribution is 2.43. The Morgan fingerprint density at radius 3 is 2.50 bits per heavy atom. The number of ether oxygens (including phenoxy) is 1. The van der Waals surface area contributed by atoms with Crippen LogP contribution in [0, 0.1) is 0 Å². The molecule has 0 bridgehead atoms. The standard InChI is InChI=1S/C25H19Cl2F3N4O2/c1-24(2)11-13-19-18(32-23(33-19)34-20-15(26)7-5-8-16(20)27)10-12(21(13)36-24)22(35)31-17-9-4-3-6-14(17)25(28,29)30/h3-10H,11H2,1-2H3,(H,31,35)(H2,32,33,34). The number of aromatic nitrogens is 2. The van der Waals surface area contributed by atoms with Crippen LogP contribution in [0.15, 0.2) is 48.5 Å². The normalized spacial score (nSPS) is 14.4. The van der Waals surface area contributed by atoms with Crippen molar-refractivity contribution in [1.82, 2.24) is 9.97 Å². The molecule has 6 nitrogen and oxygen atoms in total. The minimum atomic E-state index is -4.63. The van der Waals surface area contributed by atoms with E-state index in [0.29, 0.717) is 50.4 Å². The number of benzene rings is 3. The molecule has 1 aromatic heterocycles. The van der Waals surface area contributed by atoms with E-state index in [1.165, 1.54) is 24.3 Å². The summed E-state index contributed by atoms with van der Waals surface area (Å²) in [5.74, 6) is -0.124. The Balaban J connectivity index is 1.57. The number of aromatic amines is 1. The maximum Gasteiger partial charge on any atom is 0.418 e. The number of rotatable bonds is 4. The molecule has 0 fully saturated rings. The van der Waals surface area contributed by atoms with Gasteiger partial charge in [-0.25, -0.2) is 4.98 Å². The maximum atomic E-state index is 13.5. The third-order valence-electron chi connectivity index (χ3n) is 5.75. The van der Waals surface area contributed by atoms with Crippen LogP contribution in [0.5, 0.6) is 5.75 Å². The van der Waals surface area contributed by atoms with E-state index in [1.807, 2.05) is 13.8 Å². The Morgan fingerprint density at radius 1 is 1.11 bits per heavy atom. The molecule has 0 saturated carbocycles. The highest BCUT2D eigenvalue weighted by Gasteiger charge is 2.37. The van der Waals surface area contributed by atoms with Crippen molar-refractivity contribution >= 4 is 57.5 Å². The topological polar surface area (TPSA) is 79.0 Å². The lowest BCUT2D eigenvalue weighted by atomic mass is 9.98. The van der Waals surface area contributed by atoms with E-state index >= 15 is 0 Å². The molecule has 0 aliphatic carbocycles. The van der Waals surface area contributed by atoms with Gasteiger partial charge in [0.2, 0.25) is 5.95 Å². The Labute approximate surface area is 213 Å². The second-order valence-electron chi connectivity index (χ2n) is 8.97. The number of fused-ring (bicyclic) bond motifs is 3. The molecule has 4 aromatic rings. The average molecular weight is 535 g/mol. The van der Waals surface area contributed by atoms with E-state index in [2.05, 4.69) is 20.6 Å². The molecule has 1 amide bonds. The predicted molar refractivity (Wildman–Crippen MR) is 134 cm³/mol. The fourth-order valence-corrected chi connectivity index (χ4v) is 4.71. The number of imidazole rings is 1. The summed E-state index contributed by atoms with van der Waals surface area (Å²) in [6.07, 6.45) is -4.18. The van der Waals surface area contributed by atoms with Gasteiger partial charge >= 0.3 is 6.18 Å². The van der Waals surface area contributed by atoms with Crippen molar-refractivity contribution < 1.29 is 22.7 Å². The zero-order valence-electron chi connectivity index (χ0n) is 19.0. The van der Waals surface area contributed by atoms with Crippen molar-refractivity contribution in [3.63, 3.8) is 0 Å². The summed E-state index contributed by atoms with van der Waals surface area (Å²) >= 11 is 12.5. The number of hydrogen-bond donors (Lipinski definition) is 3. The summed E-state index contributed by atoms with van der Waals surface area (Å²) in [5.41, 5.74) is 0.351. The number of anilines is 3. The summed E-state index contributed by atoms with van der Waals surface area (Å²) in [7, 11) is 0. The molecule has 36 heavy (non-hydrogen) atoms. The summed E-state index contributed by atoms with van der Waals surface area (Å²) < 4.78 is 46.4. The Kier molecular flexibility index (Phi) is 5.80. The van der Waals surface area contributed by atoms with Gasteiger partial charge in [0.25, 0.3) is 5.91 Å². The molecule has 0 saturated heterocycles. The zero-order valence-corrected chi connectivity index (χ0v) is 20.5. The minimum Gasteiger partial charge on any atom is -0.486 e. The molecule has 11 heteroatoms. The lowest BCUT2D eigenvalue weighted by Crippen LogP contribution is -2.25. The average Bonchev–Trinajstić information content (AvgIpc) is 3.34. The van der Waals surface area contributed by atoms with Crippen molar-refractivity contribution in [3.05, 3.63) is 75.3 Å². The van der Waals surface area contributed by atoms with Crippen LogP contribution in [0.25, 0.3) is 11.0 Å². The maximum absolute atomic E-state index is 13.5. The van der Waals surface area contributed by atoms with Gasteiger partial charge in [-0.3, -0.25) is 4.79 Å². The van der Waals surface area contributed by atoms with Crippen molar-refractivity contribution in [2.75, 3.05) is 10.6 Å². The number of para-hydroxylation sites is 2. The predicted octanol–water partition coefficient (Wildman–Crippen LogP) is 7.60. The van der Waals surface area contributed by atoms with Crippen LogP contribution >= 0.6 is 23.2 Å². The first-order valence-electron chi connectivity index (χ1n) is 10.9. The van der Waals surface area contributed by atoms with Crippen LogP contribution in [-0.4, -0.2) is 21.5 Å².